The Morgan fingerprint density at radius 3 is 1.53 bits per heavy atom. The van der Waals surface area contributed by atoms with Gasteiger partial charge in [0.15, 0.2) is 0 Å². The Bertz CT molecular complexity index is 669. The van der Waals surface area contributed by atoms with E-state index in [1.807, 2.05) is 0 Å². The van der Waals surface area contributed by atoms with Crippen molar-refractivity contribution in [1.82, 2.24) is 4.90 Å². The lowest BCUT2D eigenvalue weighted by Crippen LogP contribution is -2.63. The van der Waals surface area contributed by atoms with Gasteiger partial charge in [-0.1, -0.05) is 33.6 Å². The number of unbranched alkanes of at least 4 members (excludes halogenated alkanes) is 2. The highest BCUT2D eigenvalue weighted by Crippen LogP contribution is 2.55. The van der Waals surface area contributed by atoms with Crippen molar-refractivity contribution in [2.24, 2.45) is 4.40 Å². The van der Waals surface area contributed by atoms with Crippen LogP contribution in [0, 0.1) is 0 Å². The molecule has 0 aliphatic carbocycles. The van der Waals surface area contributed by atoms with E-state index in [1.54, 1.807) is 13.8 Å². The number of nitrogens with zero attached hydrogens (tertiary/aromatic N) is 2. The monoisotopic (exact) mass is 480 g/mol. The highest BCUT2D eigenvalue weighted by atomic mass is 32.2. The molecular weight excluding hydrogens is 455 g/mol. The molecule has 0 saturated heterocycles. The number of sulfonamides is 1. The summed E-state index contributed by atoms with van der Waals surface area (Å²) in [6, 6.07) is 0. The van der Waals surface area contributed by atoms with Crippen molar-refractivity contribution < 1.29 is 47.9 Å². The number of amidine groups is 1. The molecule has 180 valence electrons. The van der Waals surface area contributed by atoms with Gasteiger partial charge in [-0.2, -0.15) is 47.9 Å². The molecule has 0 heterocycles. The van der Waals surface area contributed by atoms with Crippen LogP contribution >= 0.6 is 0 Å². The predicted octanol–water partition coefficient (Wildman–Crippen LogP) is 5.84. The second-order valence-electron chi connectivity index (χ2n) is 6.59. The van der Waals surface area contributed by atoms with Crippen LogP contribution in [0.15, 0.2) is 4.40 Å². The zero-order valence-corrected chi connectivity index (χ0v) is 17.5. The van der Waals surface area contributed by atoms with E-state index in [0.29, 0.717) is 25.7 Å². The first-order valence-corrected chi connectivity index (χ1v) is 10.7. The van der Waals surface area contributed by atoms with E-state index < -0.39 is 39.1 Å². The van der Waals surface area contributed by atoms with E-state index in [0.717, 1.165) is 0 Å². The van der Waals surface area contributed by atoms with E-state index in [4.69, 9.17) is 0 Å². The average molecular weight is 480 g/mol. The summed E-state index contributed by atoms with van der Waals surface area (Å²) >= 11 is 0. The number of alkyl halides is 9. The Labute approximate surface area is 169 Å². The van der Waals surface area contributed by atoms with E-state index >= 15 is 0 Å². The number of hydrogen-bond donors (Lipinski definition) is 0. The van der Waals surface area contributed by atoms with Crippen LogP contribution in [0.3, 0.4) is 0 Å². The maximum atomic E-state index is 13.9. The second-order valence-corrected chi connectivity index (χ2v) is 8.24. The van der Waals surface area contributed by atoms with Crippen molar-refractivity contribution in [1.29, 1.82) is 0 Å². The summed E-state index contributed by atoms with van der Waals surface area (Å²) in [6.07, 6.45) is -5.18. The minimum Gasteiger partial charge on any atom is -0.359 e. The molecule has 0 saturated carbocycles. The van der Waals surface area contributed by atoms with Crippen LogP contribution in [0.1, 0.15) is 59.3 Å². The molecule has 0 atom stereocenters. The van der Waals surface area contributed by atoms with Gasteiger partial charge in [0.05, 0.1) is 0 Å². The highest BCUT2D eigenvalue weighted by molar-refractivity contribution is 7.91. The van der Waals surface area contributed by atoms with Gasteiger partial charge in [0, 0.05) is 19.5 Å². The first-order chi connectivity index (χ1) is 13.4. The normalized spacial score (nSPS) is 14.9. The fraction of sp³-hybridized carbons (Fsp3) is 0.938. The molecule has 0 aliphatic rings. The molecule has 0 aromatic carbocycles. The summed E-state index contributed by atoms with van der Waals surface area (Å²) in [7, 11) is -6.79. The molecule has 0 radical (unpaired) electrons. The quantitative estimate of drug-likeness (QED) is 0.200. The molecule has 0 N–H and O–H groups in total. The molecular formula is C16H25F9N2O2S. The lowest BCUT2D eigenvalue weighted by Gasteiger charge is -2.32. The largest absolute Gasteiger partial charge is 0.460 e. The van der Waals surface area contributed by atoms with Gasteiger partial charge < -0.3 is 4.90 Å². The standard InChI is InChI=1S/C16H25F9N2O2S/c1-4-7-10-27(11-8-5-2)12(9-6-3)26-30(28,29)16(24,25)14(19,20)13(17,18)15(21,22)23/h4-11H2,1-3H3/b26-12+. The van der Waals surface area contributed by atoms with Crippen LogP contribution in [0.2, 0.25) is 0 Å². The minimum atomic E-state index is -7.30. The van der Waals surface area contributed by atoms with Gasteiger partial charge in [-0.3, -0.25) is 0 Å². The van der Waals surface area contributed by atoms with E-state index in [2.05, 4.69) is 4.40 Å². The predicted molar refractivity (Wildman–Crippen MR) is 93.5 cm³/mol. The summed E-state index contributed by atoms with van der Waals surface area (Å²) < 4.78 is 144. The first kappa shape index (κ1) is 28.8. The Balaban J connectivity index is 6.38. The van der Waals surface area contributed by atoms with Crippen molar-refractivity contribution in [3.63, 3.8) is 0 Å². The third-order valence-corrected chi connectivity index (χ3v) is 5.42. The maximum absolute atomic E-state index is 13.9. The highest BCUT2D eigenvalue weighted by Gasteiger charge is 2.85. The van der Waals surface area contributed by atoms with Gasteiger partial charge in [-0.05, 0) is 19.3 Å². The fourth-order valence-corrected chi connectivity index (χ4v) is 3.32. The van der Waals surface area contributed by atoms with E-state index in [-0.39, 0.29) is 25.9 Å². The molecule has 0 aromatic rings. The average Bonchev–Trinajstić information content (AvgIpc) is 2.60. The molecule has 0 aliphatic heterocycles. The van der Waals surface area contributed by atoms with Crippen LogP contribution in [-0.2, 0) is 10.0 Å². The molecule has 30 heavy (non-hydrogen) atoms. The van der Waals surface area contributed by atoms with Gasteiger partial charge in [0.1, 0.15) is 5.84 Å². The van der Waals surface area contributed by atoms with E-state index in [1.165, 1.54) is 11.8 Å². The van der Waals surface area contributed by atoms with Crippen LogP contribution in [0.25, 0.3) is 0 Å². The molecule has 4 nitrogen and oxygen atoms in total. The maximum Gasteiger partial charge on any atom is 0.460 e. The smallest absolute Gasteiger partial charge is 0.359 e. The van der Waals surface area contributed by atoms with E-state index in [9.17, 15) is 47.9 Å². The summed E-state index contributed by atoms with van der Waals surface area (Å²) in [4.78, 5) is 1.24. The van der Waals surface area contributed by atoms with Crippen molar-refractivity contribution in [2.45, 2.75) is 82.6 Å². The Morgan fingerprint density at radius 1 is 0.767 bits per heavy atom. The molecule has 0 rings (SSSR count). The van der Waals surface area contributed by atoms with Gasteiger partial charge >= 0.3 is 33.3 Å². The van der Waals surface area contributed by atoms with Crippen molar-refractivity contribution in [3.05, 3.63) is 0 Å². The SMILES string of the molecule is CCCCN(CCCC)/C(CCC)=N/S(=O)(=O)C(F)(F)C(F)(F)C(F)(F)C(F)(F)F. The molecule has 0 spiro atoms. The molecule has 0 aromatic heterocycles. The molecule has 0 amide bonds. The number of hydrogen-bond acceptors (Lipinski definition) is 2. The van der Waals surface area contributed by atoms with Crippen LogP contribution < -0.4 is 0 Å². The summed E-state index contributed by atoms with van der Waals surface area (Å²) in [6.45, 7) is 5.25. The second kappa shape index (κ2) is 10.4. The zero-order chi connectivity index (χ0) is 24.0. The third kappa shape index (κ3) is 5.94. The van der Waals surface area contributed by atoms with Crippen molar-refractivity contribution >= 4 is 15.9 Å². The van der Waals surface area contributed by atoms with Crippen molar-refractivity contribution in [2.75, 3.05) is 13.1 Å². The number of rotatable bonds is 12. The van der Waals surface area contributed by atoms with Gasteiger partial charge in [-0.15, -0.1) is 4.40 Å². The number of halogens is 9. The summed E-state index contributed by atoms with van der Waals surface area (Å²) in [5, 5.41) is -6.81. The Morgan fingerprint density at radius 2 is 1.20 bits per heavy atom. The van der Waals surface area contributed by atoms with Crippen LogP contribution in [-0.4, -0.2) is 55.5 Å². The van der Waals surface area contributed by atoms with Crippen LogP contribution in [0.4, 0.5) is 39.5 Å². The lowest BCUT2D eigenvalue weighted by molar-refractivity contribution is -0.382. The topological polar surface area (TPSA) is 49.7 Å². The Kier molecular flexibility index (Phi) is 9.98. The summed E-state index contributed by atoms with van der Waals surface area (Å²) in [5.41, 5.74) is 0. The molecule has 0 fully saturated rings. The molecule has 0 unspecified atom stereocenters. The Hall–Kier alpha value is -1.21. The van der Waals surface area contributed by atoms with Gasteiger partial charge in [0.25, 0.3) is 0 Å². The van der Waals surface area contributed by atoms with Crippen molar-refractivity contribution in [3.8, 4) is 0 Å². The lowest BCUT2D eigenvalue weighted by atomic mass is 10.1. The minimum absolute atomic E-state index is 0.117. The molecule has 0 bridgehead atoms. The van der Waals surface area contributed by atoms with Gasteiger partial charge in [0.2, 0.25) is 0 Å². The first-order valence-electron chi connectivity index (χ1n) is 9.23. The molecule has 14 heteroatoms. The van der Waals surface area contributed by atoms with Gasteiger partial charge in [-0.25, -0.2) is 0 Å². The zero-order valence-electron chi connectivity index (χ0n) is 16.7. The van der Waals surface area contributed by atoms with Crippen LogP contribution in [0.5, 0.6) is 0 Å². The summed E-state index contributed by atoms with van der Waals surface area (Å²) in [5.74, 6) is -15.2. The fourth-order valence-electron chi connectivity index (χ4n) is 2.27. The third-order valence-electron chi connectivity index (χ3n) is 4.07.